The average molecular weight is 253 g/mol. The highest BCUT2D eigenvalue weighted by atomic mass is 16.4. The van der Waals surface area contributed by atoms with Crippen molar-refractivity contribution >= 4 is 5.71 Å². The van der Waals surface area contributed by atoms with Crippen LogP contribution < -0.4 is 0 Å². The summed E-state index contributed by atoms with van der Waals surface area (Å²) in [5.41, 5.74) is 1.05. The summed E-state index contributed by atoms with van der Waals surface area (Å²) < 4.78 is 0. The van der Waals surface area contributed by atoms with Gasteiger partial charge in [0.25, 0.3) is 0 Å². The topological polar surface area (TPSA) is 39.1 Å². The van der Waals surface area contributed by atoms with Crippen LogP contribution in [-0.4, -0.2) is 59.5 Å². The third-order valence-corrected chi connectivity index (χ3v) is 4.36. The van der Waals surface area contributed by atoms with Crippen LogP contribution >= 0.6 is 0 Å². The number of piperidine rings is 3. The minimum Gasteiger partial charge on any atom is -0.411 e. The molecule has 4 nitrogen and oxygen atoms in total. The Morgan fingerprint density at radius 2 is 1.83 bits per heavy atom. The first-order chi connectivity index (χ1) is 8.80. The molecule has 1 atom stereocenters. The Labute approximate surface area is 111 Å². The summed E-state index contributed by atoms with van der Waals surface area (Å²) in [6.45, 7) is 10.2. The molecule has 0 saturated carbocycles. The monoisotopic (exact) mass is 253 g/mol. The molecule has 3 aliphatic heterocycles. The molecule has 3 rings (SSSR count). The van der Waals surface area contributed by atoms with Gasteiger partial charge in [-0.3, -0.25) is 4.90 Å². The van der Waals surface area contributed by atoms with E-state index in [9.17, 15) is 5.21 Å². The number of nitrogens with zero attached hydrogens (tertiary/aromatic N) is 3. The molecule has 0 aliphatic carbocycles. The van der Waals surface area contributed by atoms with Gasteiger partial charge in [-0.15, -0.1) is 0 Å². The van der Waals surface area contributed by atoms with Crippen LogP contribution in [0.25, 0.3) is 0 Å². The number of oxime groups is 1. The van der Waals surface area contributed by atoms with Crippen LogP contribution in [0.3, 0.4) is 0 Å². The molecular weight excluding hydrogens is 226 g/mol. The number of hydrogen-bond acceptors (Lipinski definition) is 4. The summed E-state index contributed by atoms with van der Waals surface area (Å²) >= 11 is 0. The lowest BCUT2D eigenvalue weighted by molar-refractivity contribution is 0.107. The van der Waals surface area contributed by atoms with Gasteiger partial charge in [0.15, 0.2) is 0 Å². The van der Waals surface area contributed by atoms with Gasteiger partial charge in [-0.2, -0.15) is 0 Å². The zero-order chi connectivity index (χ0) is 13.0. The summed E-state index contributed by atoms with van der Waals surface area (Å²) in [6.07, 6.45) is 4.75. The zero-order valence-electron chi connectivity index (χ0n) is 11.8. The number of fused-ring (bicyclic) bond motifs is 3. The second kappa shape index (κ2) is 6.53. The summed E-state index contributed by atoms with van der Waals surface area (Å²) in [4.78, 5) is 5.03. The number of hydrogen-bond donors (Lipinski definition) is 1. The molecule has 2 bridgehead atoms. The average Bonchev–Trinajstić information content (AvgIpc) is 2.40. The molecule has 0 aromatic carbocycles. The zero-order valence-corrected chi connectivity index (χ0v) is 11.8. The maximum absolute atomic E-state index is 9.30. The normalized spacial score (nSPS) is 33.5. The van der Waals surface area contributed by atoms with Crippen LogP contribution in [0, 0.1) is 5.92 Å². The highest BCUT2D eigenvalue weighted by Gasteiger charge is 2.40. The Kier molecular flexibility index (Phi) is 5.01. The van der Waals surface area contributed by atoms with E-state index in [4.69, 9.17) is 0 Å². The lowest BCUT2D eigenvalue weighted by atomic mass is 9.81. The molecule has 0 aromatic heterocycles. The van der Waals surface area contributed by atoms with Gasteiger partial charge < -0.3 is 10.1 Å². The molecule has 0 radical (unpaired) electrons. The molecule has 4 heteroatoms. The van der Waals surface area contributed by atoms with Gasteiger partial charge in [-0.05, 0) is 51.9 Å². The van der Waals surface area contributed by atoms with Crippen molar-refractivity contribution in [1.82, 2.24) is 9.80 Å². The first-order valence-electron chi connectivity index (χ1n) is 7.48. The van der Waals surface area contributed by atoms with Gasteiger partial charge >= 0.3 is 0 Å². The summed E-state index contributed by atoms with van der Waals surface area (Å²) in [7, 11) is 0. The van der Waals surface area contributed by atoms with E-state index >= 15 is 0 Å². The molecule has 0 aromatic rings. The van der Waals surface area contributed by atoms with Crippen LogP contribution in [0.5, 0.6) is 0 Å². The molecule has 0 amide bonds. The van der Waals surface area contributed by atoms with Crippen molar-refractivity contribution < 1.29 is 5.21 Å². The van der Waals surface area contributed by atoms with E-state index in [0.717, 1.165) is 25.3 Å². The van der Waals surface area contributed by atoms with Crippen LogP contribution in [0.1, 0.15) is 39.5 Å². The molecule has 18 heavy (non-hydrogen) atoms. The van der Waals surface area contributed by atoms with E-state index in [1.807, 2.05) is 0 Å². The van der Waals surface area contributed by atoms with Gasteiger partial charge in [0, 0.05) is 12.5 Å². The standard InChI is InChI=1S/C14H27N3O/c1-3-7-16(8-4-2)11-13-14(15-18)12-5-9-17(13)10-6-12/h12-13,18H,3-11H2,1-2H3/b15-14+. The van der Waals surface area contributed by atoms with Gasteiger partial charge in [0.2, 0.25) is 0 Å². The molecule has 104 valence electrons. The summed E-state index contributed by atoms with van der Waals surface area (Å²) in [6, 6.07) is 0.362. The fourth-order valence-corrected chi connectivity index (χ4v) is 3.49. The lowest BCUT2D eigenvalue weighted by Crippen LogP contribution is -2.59. The van der Waals surface area contributed by atoms with Crippen molar-refractivity contribution in [2.45, 2.75) is 45.6 Å². The summed E-state index contributed by atoms with van der Waals surface area (Å²) in [5.74, 6) is 0.537. The quantitative estimate of drug-likeness (QED) is 0.581. The van der Waals surface area contributed by atoms with Crippen molar-refractivity contribution in [3.05, 3.63) is 0 Å². The Morgan fingerprint density at radius 3 is 2.33 bits per heavy atom. The second-order valence-electron chi connectivity index (χ2n) is 5.65. The molecule has 0 spiro atoms. The molecular formula is C14H27N3O. The molecule has 3 saturated heterocycles. The van der Waals surface area contributed by atoms with Crippen LogP contribution in [0.15, 0.2) is 5.16 Å². The molecule has 1 unspecified atom stereocenters. The molecule has 3 fully saturated rings. The molecule has 3 heterocycles. The van der Waals surface area contributed by atoms with E-state index in [2.05, 4.69) is 28.8 Å². The highest BCUT2D eigenvalue weighted by Crippen LogP contribution is 2.30. The van der Waals surface area contributed by atoms with E-state index in [0.29, 0.717) is 12.0 Å². The van der Waals surface area contributed by atoms with E-state index in [-0.39, 0.29) is 0 Å². The maximum Gasteiger partial charge on any atom is 0.0786 e. The largest absolute Gasteiger partial charge is 0.411 e. The van der Waals surface area contributed by atoms with Crippen LogP contribution in [0.4, 0.5) is 0 Å². The molecule has 1 N–H and O–H groups in total. The van der Waals surface area contributed by atoms with Gasteiger partial charge in [0.1, 0.15) is 0 Å². The van der Waals surface area contributed by atoms with Crippen molar-refractivity contribution in [1.29, 1.82) is 0 Å². The summed E-state index contributed by atoms with van der Waals surface area (Å²) in [5, 5.41) is 12.9. The predicted octanol–water partition coefficient (Wildman–Crippen LogP) is 2.03. The van der Waals surface area contributed by atoms with Crippen molar-refractivity contribution in [3.63, 3.8) is 0 Å². The number of rotatable bonds is 6. The van der Waals surface area contributed by atoms with Crippen LogP contribution in [-0.2, 0) is 0 Å². The maximum atomic E-state index is 9.30. The minimum absolute atomic E-state index is 0.362. The van der Waals surface area contributed by atoms with E-state index in [1.165, 1.54) is 38.8 Å². The Morgan fingerprint density at radius 1 is 1.22 bits per heavy atom. The predicted molar refractivity (Wildman–Crippen MR) is 74.3 cm³/mol. The van der Waals surface area contributed by atoms with Crippen LogP contribution in [0.2, 0.25) is 0 Å². The SMILES string of the molecule is CCCN(CCC)CC1/C(=N/O)C2CCN1CC2. The van der Waals surface area contributed by atoms with Gasteiger partial charge in [-0.1, -0.05) is 19.0 Å². The fraction of sp³-hybridized carbons (Fsp3) is 0.929. The van der Waals surface area contributed by atoms with Crippen molar-refractivity contribution in [3.8, 4) is 0 Å². The Hall–Kier alpha value is -0.610. The Bertz CT molecular complexity index is 279. The van der Waals surface area contributed by atoms with Crippen molar-refractivity contribution in [2.24, 2.45) is 11.1 Å². The lowest BCUT2D eigenvalue weighted by Gasteiger charge is -2.47. The second-order valence-corrected chi connectivity index (χ2v) is 5.65. The Balaban J connectivity index is 2.01. The van der Waals surface area contributed by atoms with Gasteiger partial charge in [-0.25, -0.2) is 0 Å². The van der Waals surface area contributed by atoms with Gasteiger partial charge in [0.05, 0.1) is 11.8 Å². The first kappa shape index (κ1) is 13.8. The third kappa shape index (κ3) is 2.86. The first-order valence-corrected chi connectivity index (χ1v) is 7.48. The third-order valence-electron chi connectivity index (χ3n) is 4.36. The highest BCUT2D eigenvalue weighted by molar-refractivity contribution is 5.92. The van der Waals surface area contributed by atoms with E-state index in [1.54, 1.807) is 0 Å². The fourth-order valence-electron chi connectivity index (χ4n) is 3.49. The minimum atomic E-state index is 0.362. The molecule has 3 aliphatic rings. The van der Waals surface area contributed by atoms with Crippen molar-refractivity contribution in [2.75, 3.05) is 32.7 Å². The smallest absolute Gasteiger partial charge is 0.0786 e. The van der Waals surface area contributed by atoms with E-state index < -0.39 is 0 Å².